The number of ether oxygens (including phenoxy) is 1. The molecular weight excluding hydrogens is 248 g/mol. The second-order valence-corrected chi connectivity index (χ2v) is 4.51. The van der Waals surface area contributed by atoms with E-state index in [9.17, 15) is 0 Å². The number of hydrogen-bond donors (Lipinski definition) is 1. The maximum Gasteiger partial charge on any atom is 0.165 e. The lowest BCUT2D eigenvalue weighted by atomic mass is 10.3. The van der Waals surface area contributed by atoms with E-state index in [1.807, 2.05) is 24.7 Å². The van der Waals surface area contributed by atoms with Gasteiger partial charge in [-0.05, 0) is 26.0 Å². The molecule has 5 nitrogen and oxygen atoms in total. The molecule has 6 heteroatoms. The molecule has 0 amide bonds. The van der Waals surface area contributed by atoms with E-state index in [2.05, 4.69) is 10.1 Å². The van der Waals surface area contributed by atoms with Gasteiger partial charge in [-0.15, -0.1) is 0 Å². The lowest BCUT2D eigenvalue weighted by molar-refractivity contribution is 0.474. The quantitative estimate of drug-likeness (QED) is 0.856. The van der Waals surface area contributed by atoms with Gasteiger partial charge < -0.3 is 10.5 Å². The van der Waals surface area contributed by atoms with Crippen LogP contribution in [0.25, 0.3) is 0 Å². The molecule has 2 rings (SSSR count). The second kappa shape index (κ2) is 5.14. The predicted octanol–water partition coefficient (Wildman–Crippen LogP) is 2.29. The molecule has 0 aliphatic rings. The summed E-state index contributed by atoms with van der Waals surface area (Å²) in [5.74, 6) is 1.17. The first-order chi connectivity index (χ1) is 8.58. The van der Waals surface area contributed by atoms with Crippen molar-refractivity contribution in [2.24, 2.45) is 5.73 Å². The monoisotopic (exact) mass is 262 g/mol. The van der Waals surface area contributed by atoms with Crippen LogP contribution in [0.5, 0.6) is 11.5 Å². The highest BCUT2D eigenvalue weighted by Crippen LogP contribution is 2.24. The molecule has 0 unspecified atom stereocenters. The van der Waals surface area contributed by atoms with E-state index < -0.39 is 0 Å². The number of hydrogen-bond acceptors (Lipinski definition) is 4. The van der Waals surface area contributed by atoms with E-state index in [-0.39, 0.29) is 11.0 Å². The van der Waals surface area contributed by atoms with Crippen molar-refractivity contribution in [1.29, 1.82) is 0 Å². The van der Waals surface area contributed by atoms with Crippen LogP contribution in [0.4, 0.5) is 0 Å². The zero-order chi connectivity index (χ0) is 13.1. The summed E-state index contributed by atoms with van der Waals surface area (Å²) in [6.45, 7) is 4.09. The minimum Gasteiger partial charge on any atom is -0.452 e. The third-order valence-electron chi connectivity index (χ3n) is 2.34. The van der Waals surface area contributed by atoms with Crippen LogP contribution in [0, 0.1) is 0 Å². The van der Waals surface area contributed by atoms with Gasteiger partial charge in [0.25, 0.3) is 0 Å². The fourth-order valence-corrected chi connectivity index (χ4v) is 1.59. The molecule has 0 saturated carbocycles. The number of pyridine rings is 1. The van der Waals surface area contributed by atoms with Gasteiger partial charge in [0.15, 0.2) is 11.5 Å². The van der Waals surface area contributed by atoms with E-state index in [0.29, 0.717) is 17.2 Å². The van der Waals surface area contributed by atoms with E-state index >= 15 is 0 Å². The normalized spacial score (nSPS) is 10.6. The largest absolute Gasteiger partial charge is 0.452 e. The second-order valence-electron chi connectivity index (χ2n) is 4.07. The van der Waals surface area contributed by atoms with Crippen molar-refractivity contribution in [3.63, 3.8) is 0 Å². The van der Waals surface area contributed by atoms with Gasteiger partial charge in [-0.25, -0.2) is 4.98 Å². The molecule has 94 valence electrons. The molecule has 2 N–H and O–H groups in total. The average molecular weight is 262 g/mol. The van der Waals surface area contributed by atoms with Crippen molar-refractivity contribution in [2.75, 3.05) is 0 Å². The first kappa shape index (κ1) is 12.5. The van der Waals surface area contributed by atoms with Crippen LogP contribution in [0.2, 0.25) is 0 Å². The van der Waals surface area contributed by atoms with Gasteiger partial charge >= 0.3 is 0 Å². The molecular formula is C12H14N4OS. The number of rotatable bonds is 4. The van der Waals surface area contributed by atoms with Crippen LogP contribution < -0.4 is 10.5 Å². The molecule has 18 heavy (non-hydrogen) atoms. The summed E-state index contributed by atoms with van der Waals surface area (Å²) >= 11 is 4.93. The Morgan fingerprint density at radius 3 is 2.89 bits per heavy atom. The van der Waals surface area contributed by atoms with Gasteiger partial charge in [0, 0.05) is 12.2 Å². The highest BCUT2D eigenvalue weighted by atomic mass is 32.1. The summed E-state index contributed by atoms with van der Waals surface area (Å²) in [5.41, 5.74) is 6.07. The first-order valence-corrected chi connectivity index (χ1v) is 5.95. The Bertz CT molecular complexity index is 565. The first-order valence-electron chi connectivity index (χ1n) is 5.54. The third kappa shape index (κ3) is 2.65. The minimum atomic E-state index is 0.210. The fourth-order valence-electron chi connectivity index (χ4n) is 1.44. The molecule has 0 fully saturated rings. The number of nitrogens with zero attached hydrogens (tertiary/aromatic N) is 3. The molecule has 0 atom stereocenters. The van der Waals surface area contributed by atoms with Gasteiger partial charge in [0.2, 0.25) is 0 Å². The Hall–Kier alpha value is -1.95. The van der Waals surface area contributed by atoms with Gasteiger partial charge in [0.1, 0.15) is 10.7 Å². The molecule has 0 aromatic carbocycles. The molecule has 0 radical (unpaired) electrons. The molecule has 2 aromatic rings. The zero-order valence-corrected chi connectivity index (χ0v) is 11.0. The number of aromatic nitrogens is 3. The van der Waals surface area contributed by atoms with E-state index in [1.54, 1.807) is 24.5 Å². The van der Waals surface area contributed by atoms with Crippen molar-refractivity contribution in [3.05, 3.63) is 36.4 Å². The van der Waals surface area contributed by atoms with Crippen molar-refractivity contribution in [3.8, 4) is 11.5 Å². The lowest BCUT2D eigenvalue weighted by Gasteiger charge is -2.07. The van der Waals surface area contributed by atoms with Gasteiger partial charge in [0.05, 0.1) is 12.4 Å². The third-order valence-corrected chi connectivity index (χ3v) is 2.53. The number of thiocarbonyl (C=S) groups is 1. The highest BCUT2D eigenvalue weighted by Gasteiger charge is 2.10. The molecule has 0 bridgehead atoms. The minimum absolute atomic E-state index is 0.210. The van der Waals surface area contributed by atoms with Crippen molar-refractivity contribution in [1.82, 2.24) is 14.8 Å². The van der Waals surface area contributed by atoms with Crippen molar-refractivity contribution < 1.29 is 4.74 Å². The Balaban J connectivity index is 2.25. The maximum absolute atomic E-state index is 5.69. The smallest absolute Gasteiger partial charge is 0.165 e. The summed E-state index contributed by atoms with van der Waals surface area (Å²) < 4.78 is 7.50. The van der Waals surface area contributed by atoms with E-state index in [1.165, 1.54) is 0 Å². The molecule has 0 aliphatic carbocycles. The predicted molar refractivity (Wildman–Crippen MR) is 72.8 cm³/mol. The Labute approximate surface area is 111 Å². The Morgan fingerprint density at radius 2 is 2.28 bits per heavy atom. The molecule has 0 saturated heterocycles. The van der Waals surface area contributed by atoms with Crippen LogP contribution in [0.3, 0.4) is 0 Å². The molecule has 0 aliphatic heterocycles. The lowest BCUT2D eigenvalue weighted by Crippen LogP contribution is -2.12. The SMILES string of the molecule is CC(C)n1cc(Oc2cccnc2C(N)=S)cn1. The maximum atomic E-state index is 5.69. The Morgan fingerprint density at radius 1 is 1.50 bits per heavy atom. The van der Waals surface area contributed by atoms with Crippen LogP contribution in [0.1, 0.15) is 25.6 Å². The summed E-state index contributed by atoms with van der Waals surface area (Å²) in [4.78, 5) is 4.31. The highest BCUT2D eigenvalue weighted by molar-refractivity contribution is 7.80. The van der Waals surface area contributed by atoms with E-state index in [4.69, 9.17) is 22.7 Å². The van der Waals surface area contributed by atoms with Crippen LogP contribution >= 0.6 is 12.2 Å². The standard InChI is InChI=1S/C12H14N4OS/c1-8(2)16-7-9(6-15-16)17-10-4-3-5-14-11(10)12(13)18/h3-8H,1-2H3,(H2,13,18). The average Bonchev–Trinajstić information content (AvgIpc) is 2.78. The van der Waals surface area contributed by atoms with Crippen LogP contribution in [-0.4, -0.2) is 19.8 Å². The summed E-state index contributed by atoms with van der Waals surface area (Å²) in [6, 6.07) is 3.82. The van der Waals surface area contributed by atoms with Crippen LogP contribution in [0.15, 0.2) is 30.7 Å². The summed E-state index contributed by atoms with van der Waals surface area (Å²) in [5, 5.41) is 4.19. The van der Waals surface area contributed by atoms with Gasteiger partial charge in [-0.3, -0.25) is 4.68 Å². The summed E-state index contributed by atoms with van der Waals surface area (Å²) in [6.07, 6.45) is 5.09. The molecule has 0 spiro atoms. The number of nitrogens with two attached hydrogens (primary N) is 1. The van der Waals surface area contributed by atoms with Gasteiger partial charge in [-0.1, -0.05) is 12.2 Å². The van der Waals surface area contributed by atoms with Crippen molar-refractivity contribution in [2.45, 2.75) is 19.9 Å². The molecule has 2 heterocycles. The van der Waals surface area contributed by atoms with E-state index in [0.717, 1.165) is 0 Å². The fraction of sp³-hybridized carbons (Fsp3) is 0.250. The Kier molecular flexibility index (Phi) is 3.57. The summed E-state index contributed by atoms with van der Waals surface area (Å²) in [7, 11) is 0. The van der Waals surface area contributed by atoms with Crippen molar-refractivity contribution >= 4 is 17.2 Å². The molecule has 2 aromatic heterocycles. The topological polar surface area (TPSA) is 66.0 Å². The van der Waals surface area contributed by atoms with Gasteiger partial charge in [-0.2, -0.15) is 5.10 Å². The van der Waals surface area contributed by atoms with Crippen LogP contribution in [-0.2, 0) is 0 Å². The zero-order valence-electron chi connectivity index (χ0n) is 10.2.